The number of rotatable bonds is 6. The minimum absolute atomic E-state index is 0.0311. The highest BCUT2D eigenvalue weighted by molar-refractivity contribution is 5.97. The maximum atomic E-state index is 12.9. The van der Waals surface area contributed by atoms with Crippen LogP contribution in [0.25, 0.3) is 5.65 Å². The van der Waals surface area contributed by atoms with Gasteiger partial charge in [0.05, 0.1) is 36.1 Å². The minimum atomic E-state index is -0.943. The zero-order valence-corrected chi connectivity index (χ0v) is 17.7. The Labute approximate surface area is 176 Å². The molecule has 1 atom stereocenters. The van der Waals surface area contributed by atoms with E-state index in [1.165, 1.54) is 0 Å². The molecule has 3 aromatic rings. The van der Waals surface area contributed by atoms with Crippen LogP contribution in [-0.4, -0.2) is 49.8 Å². The molecule has 1 aliphatic heterocycles. The van der Waals surface area contributed by atoms with E-state index in [-0.39, 0.29) is 24.9 Å². The van der Waals surface area contributed by atoms with Crippen molar-refractivity contribution in [1.82, 2.24) is 14.6 Å². The fourth-order valence-electron chi connectivity index (χ4n) is 4.08. The van der Waals surface area contributed by atoms with Gasteiger partial charge in [0.2, 0.25) is 0 Å². The topological polar surface area (TPSA) is 91.0 Å². The first-order valence-electron chi connectivity index (χ1n) is 10.4. The SMILES string of the molecule is Cc1cc2nc(CC(=O)c3ccc(C(C)(C)O)cc3)cc(N3CCC[C@H]3CO)n2n1. The van der Waals surface area contributed by atoms with Crippen LogP contribution in [0.1, 0.15) is 54.0 Å². The Morgan fingerprint density at radius 3 is 2.63 bits per heavy atom. The van der Waals surface area contributed by atoms with Crippen LogP contribution in [0.2, 0.25) is 0 Å². The molecule has 0 aliphatic carbocycles. The number of carbonyl (C=O) groups excluding carboxylic acids is 1. The van der Waals surface area contributed by atoms with Gasteiger partial charge in [0, 0.05) is 24.2 Å². The van der Waals surface area contributed by atoms with Gasteiger partial charge < -0.3 is 15.1 Å². The summed E-state index contributed by atoms with van der Waals surface area (Å²) in [6.45, 7) is 6.29. The average molecular weight is 409 g/mol. The smallest absolute Gasteiger partial charge is 0.168 e. The van der Waals surface area contributed by atoms with Crippen LogP contribution in [0.15, 0.2) is 36.4 Å². The predicted molar refractivity (Wildman–Crippen MR) is 115 cm³/mol. The maximum Gasteiger partial charge on any atom is 0.168 e. The summed E-state index contributed by atoms with van der Waals surface area (Å²) in [7, 11) is 0. The molecule has 1 aromatic carbocycles. The summed E-state index contributed by atoms with van der Waals surface area (Å²) in [6, 6.07) is 10.9. The van der Waals surface area contributed by atoms with Gasteiger partial charge in [0.1, 0.15) is 5.82 Å². The van der Waals surface area contributed by atoms with Crippen molar-refractivity contribution in [3.8, 4) is 0 Å². The van der Waals surface area contributed by atoms with E-state index in [4.69, 9.17) is 0 Å². The summed E-state index contributed by atoms with van der Waals surface area (Å²) in [5.74, 6) is 0.835. The third-order valence-corrected chi connectivity index (χ3v) is 5.72. The highest BCUT2D eigenvalue weighted by Crippen LogP contribution is 2.27. The molecule has 0 spiro atoms. The number of hydrogen-bond donors (Lipinski definition) is 2. The molecule has 30 heavy (non-hydrogen) atoms. The second kappa shape index (κ2) is 7.81. The number of benzene rings is 1. The van der Waals surface area contributed by atoms with Crippen molar-refractivity contribution in [2.24, 2.45) is 0 Å². The first kappa shape index (κ1) is 20.5. The Morgan fingerprint density at radius 2 is 1.97 bits per heavy atom. The number of aliphatic hydroxyl groups is 2. The van der Waals surface area contributed by atoms with Gasteiger partial charge in [0.25, 0.3) is 0 Å². The van der Waals surface area contributed by atoms with Gasteiger partial charge in [-0.1, -0.05) is 24.3 Å². The molecule has 158 valence electrons. The normalized spacial score (nSPS) is 17.1. The molecule has 1 saturated heterocycles. The van der Waals surface area contributed by atoms with Crippen molar-refractivity contribution < 1.29 is 15.0 Å². The second-order valence-corrected chi connectivity index (χ2v) is 8.57. The second-order valence-electron chi connectivity index (χ2n) is 8.57. The lowest BCUT2D eigenvalue weighted by molar-refractivity contribution is 0.0784. The van der Waals surface area contributed by atoms with E-state index in [0.717, 1.165) is 36.5 Å². The van der Waals surface area contributed by atoms with Crippen LogP contribution < -0.4 is 4.90 Å². The average Bonchev–Trinajstić information content (AvgIpc) is 3.32. The molecule has 1 fully saturated rings. The van der Waals surface area contributed by atoms with E-state index in [0.29, 0.717) is 16.9 Å². The summed E-state index contributed by atoms with van der Waals surface area (Å²) < 4.78 is 1.80. The molecule has 4 rings (SSSR count). The lowest BCUT2D eigenvalue weighted by Crippen LogP contribution is -2.34. The van der Waals surface area contributed by atoms with Crippen molar-refractivity contribution in [2.45, 2.75) is 51.7 Å². The van der Waals surface area contributed by atoms with Crippen LogP contribution in [0.4, 0.5) is 5.82 Å². The van der Waals surface area contributed by atoms with E-state index in [9.17, 15) is 15.0 Å². The van der Waals surface area contributed by atoms with Gasteiger partial charge in [0.15, 0.2) is 11.4 Å². The lowest BCUT2D eigenvalue weighted by atomic mass is 9.96. The summed E-state index contributed by atoms with van der Waals surface area (Å²) >= 11 is 0. The van der Waals surface area contributed by atoms with Crippen LogP contribution in [0.5, 0.6) is 0 Å². The number of aryl methyl sites for hydroxylation is 1. The number of anilines is 1. The van der Waals surface area contributed by atoms with Crippen molar-refractivity contribution >= 4 is 17.2 Å². The van der Waals surface area contributed by atoms with Crippen LogP contribution in [0.3, 0.4) is 0 Å². The largest absolute Gasteiger partial charge is 0.394 e. The van der Waals surface area contributed by atoms with Crippen LogP contribution >= 0.6 is 0 Å². The molecule has 3 heterocycles. The van der Waals surface area contributed by atoms with Gasteiger partial charge in [-0.15, -0.1) is 0 Å². The number of ketones is 1. The molecule has 0 unspecified atom stereocenters. The minimum Gasteiger partial charge on any atom is -0.394 e. The van der Waals surface area contributed by atoms with Gasteiger partial charge in [-0.05, 0) is 39.2 Å². The molecular weight excluding hydrogens is 380 g/mol. The summed E-state index contributed by atoms with van der Waals surface area (Å²) in [6.07, 6.45) is 2.12. The standard InChI is InChI=1S/C23H28N4O3/c1-15-11-21-24-18(12-20(29)16-6-8-17(9-7-16)23(2,3)30)13-22(27(21)25-15)26-10-4-5-19(26)14-28/h6-9,11,13,19,28,30H,4-5,10,12,14H2,1-3H3/t19-/m0/s1. The van der Waals surface area contributed by atoms with Crippen LogP contribution in [0, 0.1) is 6.92 Å². The van der Waals surface area contributed by atoms with E-state index in [2.05, 4.69) is 15.0 Å². The number of Topliss-reactive ketones (excluding diaryl/α,β-unsaturated/α-hetero) is 1. The fourth-order valence-corrected chi connectivity index (χ4v) is 4.08. The molecule has 0 radical (unpaired) electrons. The monoisotopic (exact) mass is 408 g/mol. The first-order chi connectivity index (χ1) is 14.3. The molecule has 1 aliphatic rings. The summed E-state index contributed by atoms with van der Waals surface area (Å²) in [4.78, 5) is 19.7. The molecule has 0 amide bonds. The van der Waals surface area contributed by atoms with Crippen molar-refractivity contribution in [3.05, 3.63) is 58.9 Å². The Bertz CT molecular complexity index is 1070. The fraction of sp³-hybridized carbons (Fsp3) is 0.435. The Balaban J connectivity index is 1.65. The summed E-state index contributed by atoms with van der Waals surface area (Å²) in [5.41, 5.74) is 2.65. The van der Waals surface area contributed by atoms with Gasteiger partial charge in [-0.2, -0.15) is 9.61 Å². The third kappa shape index (κ3) is 3.95. The van der Waals surface area contributed by atoms with Gasteiger partial charge in [-0.25, -0.2) is 4.98 Å². The molecule has 0 bridgehead atoms. The third-order valence-electron chi connectivity index (χ3n) is 5.72. The van der Waals surface area contributed by atoms with Crippen molar-refractivity contribution in [1.29, 1.82) is 0 Å². The Hall–Kier alpha value is -2.77. The molecule has 7 heteroatoms. The molecule has 2 N–H and O–H groups in total. The number of aromatic nitrogens is 3. The lowest BCUT2D eigenvalue weighted by Gasteiger charge is -2.26. The molecular formula is C23H28N4O3. The predicted octanol–water partition coefficient (Wildman–Crippen LogP) is 2.65. The molecule has 2 aromatic heterocycles. The first-order valence-corrected chi connectivity index (χ1v) is 10.4. The highest BCUT2D eigenvalue weighted by atomic mass is 16.3. The van der Waals surface area contributed by atoms with Crippen molar-refractivity contribution in [2.75, 3.05) is 18.1 Å². The number of nitrogens with zero attached hydrogens (tertiary/aromatic N) is 4. The number of hydrogen-bond acceptors (Lipinski definition) is 6. The van der Waals surface area contributed by atoms with E-state index >= 15 is 0 Å². The molecule has 0 saturated carbocycles. The number of fused-ring (bicyclic) bond motifs is 1. The number of aliphatic hydroxyl groups excluding tert-OH is 1. The zero-order chi connectivity index (χ0) is 21.5. The molecule has 7 nitrogen and oxygen atoms in total. The van der Waals surface area contributed by atoms with E-state index < -0.39 is 5.60 Å². The summed E-state index contributed by atoms with van der Waals surface area (Å²) in [5, 5.41) is 24.4. The zero-order valence-electron chi connectivity index (χ0n) is 17.7. The number of carbonyl (C=O) groups is 1. The van der Waals surface area contributed by atoms with Gasteiger partial charge in [-0.3, -0.25) is 4.79 Å². The van der Waals surface area contributed by atoms with Crippen LogP contribution in [-0.2, 0) is 12.0 Å². The Morgan fingerprint density at radius 1 is 1.23 bits per heavy atom. The quantitative estimate of drug-likeness (QED) is 0.610. The highest BCUT2D eigenvalue weighted by Gasteiger charge is 2.27. The van der Waals surface area contributed by atoms with E-state index in [1.54, 1.807) is 42.6 Å². The van der Waals surface area contributed by atoms with Crippen molar-refractivity contribution in [3.63, 3.8) is 0 Å². The Kier molecular flexibility index (Phi) is 5.34. The van der Waals surface area contributed by atoms with E-state index in [1.807, 2.05) is 19.1 Å². The maximum absolute atomic E-state index is 12.9. The van der Waals surface area contributed by atoms with Gasteiger partial charge >= 0.3 is 0 Å².